The van der Waals surface area contributed by atoms with Gasteiger partial charge in [0.2, 0.25) is 0 Å². The number of thioether (sulfide) groups is 1. The smallest absolute Gasteiger partial charge is 0.321 e. The topological polar surface area (TPSA) is 124 Å². The molecule has 6 N–H and O–H groups in total. The Balaban J connectivity index is 1.86. The van der Waals surface area contributed by atoms with Gasteiger partial charge in [0.25, 0.3) is 0 Å². The number of hydrogen-bond acceptors (Lipinski definition) is 6. The summed E-state index contributed by atoms with van der Waals surface area (Å²) in [5, 5.41) is 24.3. The fourth-order valence-corrected chi connectivity index (χ4v) is 3.89. The summed E-state index contributed by atoms with van der Waals surface area (Å²) in [7, 11) is 0. The van der Waals surface area contributed by atoms with Crippen molar-refractivity contribution in [1.82, 2.24) is 10.3 Å². The maximum Gasteiger partial charge on any atom is 0.321 e. The van der Waals surface area contributed by atoms with Crippen LogP contribution in [0.1, 0.15) is 12.1 Å². The molecule has 1 saturated heterocycles. The second-order valence-corrected chi connectivity index (χ2v) is 6.18. The molecule has 104 valence electrons. The molecule has 1 unspecified atom stereocenters. The predicted octanol–water partition coefficient (Wildman–Crippen LogP) is 0.497. The number of rotatable bonds is 5. The maximum atomic E-state index is 11.0. The minimum atomic E-state index is -0.799. The van der Waals surface area contributed by atoms with Crippen LogP contribution in [0, 0.1) is 5.41 Å². The molecule has 1 aromatic rings. The zero-order chi connectivity index (χ0) is 13.8. The van der Waals surface area contributed by atoms with E-state index in [-0.39, 0.29) is 11.2 Å². The highest BCUT2D eigenvalue weighted by Gasteiger charge is 2.32. The number of anilines is 1. The average Bonchev–Trinajstić information content (AvgIpc) is 2.93. The lowest BCUT2D eigenvalue weighted by molar-refractivity contribution is -0.138. The largest absolute Gasteiger partial charge is 0.480 e. The number of nitrogens with zero attached hydrogens (tertiary/aromatic N) is 1. The molecule has 0 bridgehead atoms. The molecule has 1 aliphatic heterocycles. The van der Waals surface area contributed by atoms with Crippen molar-refractivity contribution < 1.29 is 9.90 Å². The van der Waals surface area contributed by atoms with E-state index in [0.717, 1.165) is 18.7 Å². The van der Waals surface area contributed by atoms with Gasteiger partial charge in [-0.15, -0.1) is 23.1 Å². The van der Waals surface area contributed by atoms with Gasteiger partial charge in [0, 0.05) is 16.4 Å². The number of thiazole rings is 1. The van der Waals surface area contributed by atoms with E-state index >= 15 is 0 Å². The standard InChI is InChI=1S/C10H15N5O2S2/c11-9(12)15-10-14-5(4-19-10)3-18-6-1-2-13-7(6)8(16)17/h4,6-7,13H,1-3H2,(H,16,17)(H4,11,12,14,15)/t6?,7-/m0/s1. The van der Waals surface area contributed by atoms with E-state index in [4.69, 9.17) is 16.2 Å². The van der Waals surface area contributed by atoms with Gasteiger partial charge in [-0.3, -0.25) is 10.2 Å². The van der Waals surface area contributed by atoms with Crippen molar-refractivity contribution in [3.05, 3.63) is 11.1 Å². The molecule has 9 heteroatoms. The van der Waals surface area contributed by atoms with E-state index < -0.39 is 12.0 Å². The van der Waals surface area contributed by atoms with Crippen LogP contribution < -0.4 is 16.4 Å². The summed E-state index contributed by atoms with van der Waals surface area (Å²) in [6, 6.07) is -0.474. The van der Waals surface area contributed by atoms with Gasteiger partial charge in [-0.1, -0.05) is 0 Å². The second kappa shape index (κ2) is 6.22. The van der Waals surface area contributed by atoms with Gasteiger partial charge in [-0.2, -0.15) is 0 Å². The third-order valence-electron chi connectivity index (χ3n) is 2.67. The zero-order valence-electron chi connectivity index (χ0n) is 10.0. The maximum absolute atomic E-state index is 11.0. The third kappa shape index (κ3) is 3.82. The first-order valence-electron chi connectivity index (χ1n) is 5.69. The van der Waals surface area contributed by atoms with Gasteiger partial charge >= 0.3 is 5.97 Å². The third-order valence-corrected chi connectivity index (χ3v) is 4.87. The van der Waals surface area contributed by atoms with Crippen LogP contribution in [-0.4, -0.2) is 39.9 Å². The fraction of sp³-hybridized carbons (Fsp3) is 0.500. The molecule has 0 spiro atoms. The van der Waals surface area contributed by atoms with Crippen LogP contribution >= 0.6 is 23.1 Å². The first-order chi connectivity index (χ1) is 9.06. The quantitative estimate of drug-likeness (QED) is 0.396. The number of nitrogens with one attached hydrogen (secondary N) is 3. The van der Waals surface area contributed by atoms with Crippen molar-refractivity contribution in [3.8, 4) is 0 Å². The number of carboxylic acid groups (broad SMARTS) is 1. The molecule has 0 aromatic carbocycles. The SMILES string of the molecule is N=C(N)Nc1nc(CSC2CCN[C@@H]2C(=O)O)cs1. The lowest BCUT2D eigenvalue weighted by atomic mass is 10.2. The number of hydrogen-bond donors (Lipinski definition) is 5. The van der Waals surface area contributed by atoms with E-state index in [9.17, 15) is 4.79 Å². The molecular formula is C10H15N5O2S2. The summed E-state index contributed by atoms with van der Waals surface area (Å²) in [6.45, 7) is 0.739. The normalized spacial score (nSPS) is 22.3. The Morgan fingerprint density at radius 3 is 3.26 bits per heavy atom. The molecule has 0 aliphatic carbocycles. The Labute approximate surface area is 118 Å². The number of carbonyl (C=O) groups is 1. The van der Waals surface area contributed by atoms with Crippen LogP contribution in [0.3, 0.4) is 0 Å². The lowest BCUT2D eigenvalue weighted by Gasteiger charge is -2.13. The average molecular weight is 301 g/mol. The highest BCUT2D eigenvalue weighted by atomic mass is 32.2. The first kappa shape index (κ1) is 14.1. The molecule has 2 heterocycles. The summed E-state index contributed by atoms with van der Waals surface area (Å²) in [4.78, 5) is 15.3. The summed E-state index contributed by atoms with van der Waals surface area (Å²) in [5.41, 5.74) is 6.09. The van der Waals surface area contributed by atoms with Crippen molar-refractivity contribution in [2.75, 3.05) is 11.9 Å². The van der Waals surface area contributed by atoms with Crippen molar-refractivity contribution in [1.29, 1.82) is 5.41 Å². The molecule has 7 nitrogen and oxygen atoms in total. The monoisotopic (exact) mass is 301 g/mol. The molecule has 2 rings (SSSR count). The van der Waals surface area contributed by atoms with E-state index in [1.54, 1.807) is 11.8 Å². The van der Waals surface area contributed by atoms with Crippen molar-refractivity contribution >= 4 is 40.2 Å². The van der Waals surface area contributed by atoms with E-state index in [0.29, 0.717) is 10.9 Å². The molecule has 2 atom stereocenters. The van der Waals surface area contributed by atoms with Crippen LogP contribution in [0.25, 0.3) is 0 Å². The van der Waals surface area contributed by atoms with Crippen LogP contribution in [0.15, 0.2) is 5.38 Å². The van der Waals surface area contributed by atoms with Gasteiger partial charge in [0.1, 0.15) is 6.04 Å². The first-order valence-corrected chi connectivity index (χ1v) is 7.62. The van der Waals surface area contributed by atoms with Gasteiger partial charge in [-0.05, 0) is 13.0 Å². The highest BCUT2D eigenvalue weighted by Crippen LogP contribution is 2.27. The molecule has 0 saturated carbocycles. The Hall–Kier alpha value is -1.32. The van der Waals surface area contributed by atoms with E-state index in [1.165, 1.54) is 11.3 Å². The van der Waals surface area contributed by atoms with Crippen LogP contribution in [0.4, 0.5) is 5.13 Å². The predicted molar refractivity (Wildman–Crippen MR) is 76.8 cm³/mol. The summed E-state index contributed by atoms with van der Waals surface area (Å²) >= 11 is 2.97. The number of aromatic nitrogens is 1. The Bertz CT molecular complexity index is 478. The van der Waals surface area contributed by atoms with E-state index in [1.807, 2.05) is 5.38 Å². The molecule has 19 heavy (non-hydrogen) atoms. The minimum Gasteiger partial charge on any atom is -0.480 e. The van der Waals surface area contributed by atoms with Gasteiger partial charge in [-0.25, -0.2) is 4.98 Å². The Morgan fingerprint density at radius 2 is 2.58 bits per heavy atom. The zero-order valence-corrected chi connectivity index (χ0v) is 11.7. The molecule has 0 radical (unpaired) electrons. The second-order valence-electron chi connectivity index (χ2n) is 4.09. The van der Waals surface area contributed by atoms with Crippen LogP contribution in [0.2, 0.25) is 0 Å². The van der Waals surface area contributed by atoms with Crippen LogP contribution in [-0.2, 0) is 10.5 Å². The number of carboxylic acids is 1. The highest BCUT2D eigenvalue weighted by molar-refractivity contribution is 7.99. The lowest BCUT2D eigenvalue weighted by Crippen LogP contribution is -2.36. The van der Waals surface area contributed by atoms with Gasteiger partial charge in [0.05, 0.1) is 5.69 Å². The summed E-state index contributed by atoms with van der Waals surface area (Å²) in [5.74, 6) is -0.279. The van der Waals surface area contributed by atoms with Gasteiger partial charge in [0.15, 0.2) is 11.1 Å². The summed E-state index contributed by atoms with van der Waals surface area (Å²) < 4.78 is 0. The molecule has 0 amide bonds. The molecule has 1 aromatic heterocycles. The molecular weight excluding hydrogens is 286 g/mol. The molecule has 1 aliphatic rings. The molecule has 1 fully saturated rings. The van der Waals surface area contributed by atoms with Crippen molar-refractivity contribution in [3.63, 3.8) is 0 Å². The van der Waals surface area contributed by atoms with Gasteiger partial charge < -0.3 is 21.5 Å². The van der Waals surface area contributed by atoms with Crippen molar-refractivity contribution in [2.24, 2.45) is 5.73 Å². The number of nitrogens with two attached hydrogens (primary N) is 1. The Kier molecular flexibility index (Phi) is 4.61. The fourth-order valence-electron chi connectivity index (χ4n) is 1.84. The van der Waals surface area contributed by atoms with E-state index in [2.05, 4.69) is 15.6 Å². The minimum absolute atomic E-state index is 0.0726. The Morgan fingerprint density at radius 1 is 1.79 bits per heavy atom. The van der Waals surface area contributed by atoms with Crippen molar-refractivity contribution in [2.45, 2.75) is 23.5 Å². The number of aliphatic carboxylic acids is 1. The van der Waals surface area contributed by atoms with Crippen LogP contribution in [0.5, 0.6) is 0 Å². The number of guanidine groups is 1. The summed E-state index contributed by atoms with van der Waals surface area (Å²) in [6.07, 6.45) is 0.852.